The number of carbonyl (C=O) groups is 2. The van der Waals surface area contributed by atoms with Gasteiger partial charge in [-0.15, -0.1) is 0 Å². The van der Waals surface area contributed by atoms with Gasteiger partial charge < -0.3 is 9.64 Å². The van der Waals surface area contributed by atoms with Crippen LogP contribution in [-0.4, -0.2) is 47.3 Å². The molecular formula is C20H25N3O3. The molecule has 0 radical (unpaired) electrons. The number of hydrogen-bond donors (Lipinski definition) is 0. The SMILES string of the molecule is CCOC(=O)c1nn(C)c2c1C[C@@H](c1ccc(C(=O)N(C)C)cc1)CC2. The fraction of sp³-hybridized carbons (Fsp3) is 0.450. The number of ether oxygens (including phenoxy) is 1. The number of rotatable bonds is 4. The van der Waals surface area contributed by atoms with Crippen molar-refractivity contribution in [2.45, 2.75) is 32.1 Å². The van der Waals surface area contributed by atoms with Gasteiger partial charge in [0.1, 0.15) is 0 Å². The third-order valence-electron chi connectivity index (χ3n) is 4.96. The summed E-state index contributed by atoms with van der Waals surface area (Å²) in [6.45, 7) is 2.14. The van der Waals surface area contributed by atoms with E-state index in [0.29, 0.717) is 23.8 Å². The number of esters is 1. The lowest BCUT2D eigenvalue weighted by Crippen LogP contribution is -2.21. The first-order valence-corrected chi connectivity index (χ1v) is 8.95. The van der Waals surface area contributed by atoms with Gasteiger partial charge in [-0.3, -0.25) is 9.48 Å². The lowest BCUT2D eigenvalue weighted by atomic mass is 9.81. The Morgan fingerprint density at radius 3 is 2.58 bits per heavy atom. The summed E-state index contributed by atoms with van der Waals surface area (Å²) in [5.74, 6) is -0.0420. The van der Waals surface area contributed by atoms with Gasteiger partial charge in [0.25, 0.3) is 5.91 Å². The molecule has 1 aliphatic carbocycles. The molecule has 3 rings (SSSR count). The maximum absolute atomic E-state index is 12.2. The number of hydrogen-bond acceptors (Lipinski definition) is 4. The van der Waals surface area contributed by atoms with Crippen LogP contribution < -0.4 is 0 Å². The maximum atomic E-state index is 12.2. The van der Waals surface area contributed by atoms with E-state index in [9.17, 15) is 9.59 Å². The van der Waals surface area contributed by atoms with E-state index in [2.05, 4.69) is 5.10 Å². The minimum absolute atomic E-state index is 0.000614. The van der Waals surface area contributed by atoms with Gasteiger partial charge in [-0.25, -0.2) is 4.79 Å². The zero-order chi connectivity index (χ0) is 18.8. The molecule has 0 spiro atoms. The maximum Gasteiger partial charge on any atom is 0.359 e. The third-order valence-corrected chi connectivity index (χ3v) is 4.96. The zero-order valence-corrected chi connectivity index (χ0v) is 15.8. The molecule has 1 heterocycles. The van der Waals surface area contributed by atoms with Crippen molar-refractivity contribution >= 4 is 11.9 Å². The van der Waals surface area contributed by atoms with Crippen LogP contribution in [0.15, 0.2) is 24.3 Å². The lowest BCUT2D eigenvalue weighted by Gasteiger charge is -2.23. The highest BCUT2D eigenvalue weighted by Crippen LogP contribution is 2.34. The van der Waals surface area contributed by atoms with Crippen LogP contribution in [0.5, 0.6) is 0 Å². The van der Waals surface area contributed by atoms with Crippen molar-refractivity contribution in [3.8, 4) is 0 Å². The monoisotopic (exact) mass is 355 g/mol. The van der Waals surface area contributed by atoms with Gasteiger partial charge in [0.15, 0.2) is 5.69 Å². The molecule has 1 aliphatic rings. The Morgan fingerprint density at radius 2 is 1.96 bits per heavy atom. The van der Waals surface area contributed by atoms with Crippen molar-refractivity contribution in [3.05, 3.63) is 52.3 Å². The number of nitrogens with zero attached hydrogens (tertiary/aromatic N) is 3. The van der Waals surface area contributed by atoms with Crippen LogP contribution in [0.25, 0.3) is 0 Å². The molecule has 6 heteroatoms. The Morgan fingerprint density at radius 1 is 1.27 bits per heavy atom. The minimum atomic E-state index is -0.350. The van der Waals surface area contributed by atoms with E-state index in [4.69, 9.17) is 4.74 Å². The van der Waals surface area contributed by atoms with E-state index in [1.54, 1.807) is 30.6 Å². The number of aryl methyl sites for hydroxylation is 1. The summed E-state index contributed by atoms with van der Waals surface area (Å²) in [4.78, 5) is 25.8. The molecule has 1 atom stereocenters. The second-order valence-electron chi connectivity index (χ2n) is 6.88. The molecule has 0 N–H and O–H groups in total. The lowest BCUT2D eigenvalue weighted by molar-refractivity contribution is 0.0517. The number of carbonyl (C=O) groups excluding carboxylic acids is 2. The highest BCUT2D eigenvalue weighted by molar-refractivity contribution is 5.93. The smallest absolute Gasteiger partial charge is 0.359 e. The molecule has 1 amide bonds. The van der Waals surface area contributed by atoms with Gasteiger partial charge >= 0.3 is 5.97 Å². The average molecular weight is 355 g/mol. The normalized spacial score (nSPS) is 16.1. The van der Waals surface area contributed by atoms with Gasteiger partial charge in [0.05, 0.1) is 6.61 Å². The van der Waals surface area contributed by atoms with Crippen molar-refractivity contribution < 1.29 is 14.3 Å². The Bertz CT molecular complexity index is 822. The summed E-state index contributed by atoms with van der Waals surface area (Å²) in [5, 5.41) is 4.39. The Labute approximate surface area is 153 Å². The second kappa shape index (κ2) is 7.32. The number of aromatic nitrogens is 2. The molecule has 0 saturated heterocycles. The topological polar surface area (TPSA) is 64.4 Å². The summed E-state index contributed by atoms with van der Waals surface area (Å²) in [5.41, 5.74) is 4.42. The van der Waals surface area contributed by atoms with E-state index in [1.807, 2.05) is 31.3 Å². The molecule has 0 bridgehead atoms. The van der Waals surface area contributed by atoms with Gasteiger partial charge in [-0.1, -0.05) is 12.1 Å². The van der Waals surface area contributed by atoms with Gasteiger partial charge in [-0.2, -0.15) is 5.10 Å². The largest absolute Gasteiger partial charge is 0.461 e. The van der Waals surface area contributed by atoms with E-state index < -0.39 is 0 Å². The fourth-order valence-corrected chi connectivity index (χ4v) is 3.59. The van der Waals surface area contributed by atoms with Crippen LogP contribution >= 0.6 is 0 Å². The summed E-state index contributed by atoms with van der Waals surface area (Å²) >= 11 is 0. The molecule has 26 heavy (non-hydrogen) atoms. The molecule has 0 aliphatic heterocycles. The van der Waals surface area contributed by atoms with Gasteiger partial charge in [-0.05, 0) is 49.8 Å². The summed E-state index contributed by atoms with van der Waals surface area (Å²) in [6.07, 6.45) is 2.63. The van der Waals surface area contributed by atoms with Crippen LogP contribution in [0.2, 0.25) is 0 Å². The molecule has 138 valence electrons. The van der Waals surface area contributed by atoms with E-state index in [0.717, 1.165) is 30.5 Å². The van der Waals surface area contributed by atoms with Crippen LogP contribution in [0, 0.1) is 0 Å². The quantitative estimate of drug-likeness (QED) is 0.791. The van der Waals surface area contributed by atoms with Crippen LogP contribution in [0.3, 0.4) is 0 Å². The van der Waals surface area contributed by atoms with Gasteiger partial charge in [0.2, 0.25) is 0 Å². The Kier molecular flexibility index (Phi) is 5.11. The van der Waals surface area contributed by atoms with Crippen LogP contribution in [0.4, 0.5) is 0 Å². The third kappa shape index (κ3) is 3.36. The number of amides is 1. The molecule has 1 aromatic heterocycles. The van der Waals surface area contributed by atoms with E-state index in [1.165, 1.54) is 5.56 Å². The first-order valence-electron chi connectivity index (χ1n) is 8.95. The minimum Gasteiger partial charge on any atom is -0.461 e. The predicted molar refractivity (Wildman–Crippen MR) is 98.4 cm³/mol. The van der Waals surface area contributed by atoms with Crippen molar-refractivity contribution in [1.29, 1.82) is 0 Å². The average Bonchev–Trinajstić information content (AvgIpc) is 2.97. The van der Waals surface area contributed by atoms with Crippen LogP contribution in [-0.2, 0) is 24.6 Å². The van der Waals surface area contributed by atoms with Gasteiger partial charge in [0, 0.05) is 38.0 Å². The summed E-state index contributed by atoms with van der Waals surface area (Å²) < 4.78 is 6.96. The molecular weight excluding hydrogens is 330 g/mol. The molecule has 2 aromatic rings. The number of benzene rings is 1. The van der Waals surface area contributed by atoms with E-state index in [-0.39, 0.29) is 11.9 Å². The highest BCUT2D eigenvalue weighted by Gasteiger charge is 2.29. The van der Waals surface area contributed by atoms with E-state index >= 15 is 0 Å². The standard InChI is InChI=1S/C20H25N3O3/c1-5-26-20(25)18-16-12-15(10-11-17(16)23(4)21-18)13-6-8-14(9-7-13)19(24)22(2)3/h6-9,15H,5,10-12H2,1-4H3/t15-/m0/s1. The Hall–Kier alpha value is -2.63. The first kappa shape index (κ1) is 18.2. The Balaban J connectivity index is 1.84. The summed E-state index contributed by atoms with van der Waals surface area (Å²) in [7, 11) is 5.37. The van der Waals surface area contributed by atoms with Crippen molar-refractivity contribution in [3.63, 3.8) is 0 Å². The molecule has 1 aromatic carbocycles. The van der Waals surface area contributed by atoms with Crippen LogP contribution in [0.1, 0.15) is 56.9 Å². The predicted octanol–water partition coefficient (Wildman–Crippen LogP) is 2.57. The molecule has 0 fully saturated rings. The molecule has 0 unspecified atom stereocenters. The van der Waals surface area contributed by atoms with Crippen molar-refractivity contribution in [2.24, 2.45) is 7.05 Å². The van der Waals surface area contributed by atoms with Crippen molar-refractivity contribution in [2.75, 3.05) is 20.7 Å². The fourth-order valence-electron chi connectivity index (χ4n) is 3.59. The van der Waals surface area contributed by atoms with Crippen molar-refractivity contribution in [1.82, 2.24) is 14.7 Å². The molecule has 6 nitrogen and oxygen atoms in total. The zero-order valence-electron chi connectivity index (χ0n) is 15.8. The molecule has 0 saturated carbocycles. The number of fused-ring (bicyclic) bond motifs is 1. The second-order valence-corrected chi connectivity index (χ2v) is 6.88. The first-order chi connectivity index (χ1) is 12.4. The highest BCUT2D eigenvalue weighted by atomic mass is 16.5. The summed E-state index contributed by atoms with van der Waals surface area (Å²) in [6, 6.07) is 7.80.